The zero-order valence-corrected chi connectivity index (χ0v) is 6.82. The van der Waals surface area contributed by atoms with E-state index in [0.717, 1.165) is 0 Å². The van der Waals surface area contributed by atoms with Gasteiger partial charge in [-0.1, -0.05) is 0 Å². The molecule has 16 heavy (non-hydrogen) atoms. The van der Waals surface area contributed by atoms with Gasteiger partial charge >= 0.3 is 30.5 Å². The van der Waals surface area contributed by atoms with E-state index in [0.29, 0.717) is 0 Å². The molecule has 0 bridgehead atoms. The molecule has 0 fully saturated rings. The molecule has 0 aromatic rings. The molecule has 0 saturated carbocycles. The summed E-state index contributed by atoms with van der Waals surface area (Å²) in [6.45, 7) is 0. The van der Waals surface area contributed by atoms with E-state index in [2.05, 4.69) is 9.47 Å². The van der Waals surface area contributed by atoms with Gasteiger partial charge in [0.15, 0.2) is 0 Å². The molecule has 1 N–H and O–H groups in total. The van der Waals surface area contributed by atoms with Crippen molar-refractivity contribution in [3.8, 4) is 0 Å². The van der Waals surface area contributed by atoms with Crippen LogP contribution in [0.25, 0.3) is 0 Å². The van der Waals surface area contributed by atoms with Crippen molar-refractivity contribution in [1.82, 2.24) is 0 Å². The second-order valence-electron chi connectivity index (χ2n) is 2.04. The Bertz CT molecular complexity index is 308. The van der Waals surface area contributed by atoms with Crippen molar-refractivity contribution in [2.75, 3.05) is 0 Å². The summed E-state index contributed by atoms with van der Waals surface area (Å²) in [5, 5.41) is 7.61. The van der Waals surface area contributed by atoms with Crippen molar-refractivity contribution < 1.29 is 50.1 Å². The normalized spacial score (nSPS) is 11.9. The van der Waals surface area contributed by atoms with Gasteiger partial charge in [-0.15, -0.1) is 0 Å². The molecule has 4 nitrogen and oxygen atoms in total. The summed E-state index contributed by atoms with van der Waals surface area (Å²) >= 11 is 0. The Morgan fingerprint density at radius 3 is 1.62 bits per heavy atom. The molecule has 0 rings (SSSR count). The highest BCUT2D eigenvalue weighted by Gasteiger charge is 2.65. The quantitative estimate of drug-likeness (QED) is 0.478. The second-order valence-corrected chi connectivity index (χ2v) is 2.04. The number of alkyl halides is 4. The summed E-state index contributed by atoms with van der Waals surface area (Å²) in [6, 6.07) is -3.28. The largest absolute Gasteiger partial charge is 0.512 e. The lowest BCUT2D eigenvalue weighted by Crippen LogP contribution is -2.45. The van der Waals surface area contributed by atoms with Crippen LogP contribution < -0.4 is 0 Å². The highest BCUT2D eigenvalue weighted by atomic mass is 19.3. The first-order valence-corrected chi connectivity index (χ1v) is 3.07. The molecule has 94 valence electrons. The van der Waals surface area contributed by atoms with Crippen molar-refractivity contribution in [3.05, 3.63) is 12.1 Å². The minimum Gasteiger partial charge on any atom is -0.450 e. The maximum absolute atomic E-state index is 12.2. The van der Waals surface area contributed by atoms with E-state index in [1.165, 1.54) is 0 Å². The van der Waals surface area contributed by atoms with Crippen molar-refractivity contribution in [3.63, 3.8) is 0 Å². The summed E-state index contributed by atoms with van der Waals surface area (Å²) in [4.78, 5) is 9.54. The Balaban J connectivity index is 4.90. The molecular weight excluding hydrogens is 257 g/mol. The smallest absolute Gasteiger partial charge is 0.450 e. The van der Waals surface area contributed by atoms with Crippen LogP contribution in [0, 0.1) is 0 Å². The molecule has 0 radical (unpaired) electrons. The SMILES string of the molecule is O=C(O)OC(F)(F)C(F)(F)OC(F)=C(F)F. The van der Waals surface area contributed by atoms with E-state index in [1.54, 1.807) is 0 Å². The molecular formula is C5HF7O4. The van der Waals surface area contributed by atoms with Crippen LogP contribution in [0.15, 0.2) is 12.1 Å². The fourth-order valence-electron chi connectivity index (χ4n) is 0.380. The number of hydrogen-bond acceptors (Lipinski definition) is 3. The average molecular weight is 258 g/mol. The monoisotopic (exact) mass is 258 g/mol. The maximum atomic E-state index is 12.2. The highest BCUT2D eigenvalue weighted by molar-refractivity contribution is 5.57. The molecule has 0 aliphatic carbocycles. The molecule has 0 unspecified atom stereocenters. The number of carbonyl (C=O) groups is 1. The van der Waals surface area contributed by atoms with E-state index < -0.39 is 30.5 Å². The Labute approximate surface area is 81.9 Å². The van der Waals surface area contributed by atoms with E-state index in [-0.39, 0.29) is 0 Å². The third-order valence-corrected chi connectivity index (χ3v) is 0.921. The van der Waals surface area contributed by atoms with Crippen molar-refractivity contribution >= 4 is 6.16 Å². The first-order chi connectivity index (χ1) is 6.99. The number of hydrogen-bond donors (Lipinski definition) is 1. The predicted octanol–water partition coefficient (Wildman–Crippen LogP) is 2.92. The number of ether oxygens (including phenoxy) is 2. The molecule has 0 heterocycles. The second kappa shape index (κ2) is 4.45. The van der Waals surface area contributed by atoms with Crippen molar-refractivity contribution in [2.24, 2.45) is 0 Å². The van der Waals surface area contributed by atoms with Gasteiger partial charge in [-0.3, -0.25) is 0 Å². The Kier molecular flexibility index (Phi) is 3.98. The summed E-state index contributed by atoms with van der Waals surface area (Å²) in [7, 11) is 0. The summed E-state index contributed by atoms with van der Waals surface area (Å²) in [5.41, 5.74) is 0. The Morgan fingerprint density at radius 2 is 1.31 bits per heavy atom. The van der Waals surface area contributed by atoms with Gasteiger partial charge in [-0.25, -0.2) is 4.79 Å². The molecule has 0 atom stereocenters. The maximum Gasteiger partial charge on any atom is 0.512 e. The number of rotatable bonds is 4. The minimum atomic E-state index is -5.92. The Morgan fingerprint density at radius 1 is 0.938 bits per heavy atom. The summed E-state index contributed by atoms with van der Waals surface area (Å²) < 4.78 is 87.6. The van der Waals surface area contributed by atoms with Crippen LogP contribution in [0.2, 0.25) is 0 Å². The van der Waals surface area contributed by atoms with Crippen LogP contribution in [-0.2, 0) is 9.47 Å². The third-order valence-electron chi connectivity index (χ3n) is 0.921. The van der Waals surface area contributed by atoms with Gasteiger partial charge in [0.1, 0.15) is 0 Å². The van der Waals surface area contributed by atoms with E-state index in [4.69, 9.17) is 5.11 Å². The Hall–Kier alpha value is -1.68. The van der Waals surface area contributed by atoms with Gasteiger partial charge in [0.25, 0.3) is 0 Å². The molecule has 0 aromatic carbocycles. The topological polar surface area (TPSA) is 55.8 Å². The van der Waals surface area contributed by atoms with Crippen LogP contribution in [0.5, 0.6) is 0 Å². The molecule has 0 aromatic heterocycles. The molecule has 0 aliphatic heterocycles. The lowest BCUT2D eigenvalue weighted by molar-refractivity contribution is -0.411. The summed E-state index contributed by atoms with van der Waals surface area (Å²) in [6.07, 6.45) is -18.0. The fraction of sp³-hybridized carbons (Fsp3) is 0.400. The van der Waals surface area contributed by atoms with Crippen molar-refractivity contribution in [2.45, 2.75) is 12.2 Å². The molecule has 11 heteroatoms. The molecule has 0 amide bonds. The van der Waals surface area contributed by atoms with Gasteiger partial charge in [-0.2, -0.15) is 30.7 Å². The highest BCUT2D eigenvalue weighted by Crippen LogP contribution is 2.38. The predicted molar refractivity (Wildman–Crippen MR) is 30.4 cm³/mol. The fourth-order valence-corrected chi connectivity index (χ4v) is 0.380. The number of carboxylic acid groups (broad SMARTS) is 1. The van der Waals surface area contributed by atoms with Crippen LogP contribution in [-0.4, -0.2) is 23.5 Å². The number of halogens is 7. The molecule has 0 saturated heterocycles. The van der Waals surface area contributed by atoms with Crippen LogP contribution in [0.4, 0.5) is 35.5 Å². The minimum absolute atomic E-state index is 2.26. The van der Waals surface area contributed by atoms with Gasteiger partial charge in [-0.05, 0) is 0 Å². The van der Waals surface area contributed by atoms with E-state index in [1.807, 2.05) is 0 Å². The molecule has 0 aliphatic rings. The van der Waals surface area contributed by atoms with E-state index >= 15 is 0 Å². The van der Waals surface area contributed by atoms with Gasteiger partial charge < -0.3 is 14.6 Å². The lowest BCUT2D eigenvalue weighted by atomic mass is 10.6. The van der Waals surface area contributed by atoms with Crippen LogP contribution in [0.3, 0.4) is 0 Å². The third kappa shape index (κ3) is 3.47. The first-order valence-electron chi connectivity index (χ1n) is 3.07. The molecule has 0 spiro atoms. The van der Waals surface area contributed by atoms with E-state index in [9.17, 15) is 35.5 Å². The zero-order chi connectivity index (χ0) is 13.1. The van der Waals surface area contributed by atoms with Gasteiger partial charge in [0.2, 0.25) is 0 Å². The van der Waals surface area contributed by atoms with Gasteiger partial charge in [0.05, 0.1) is 0 Å². The summed E-state index contributed by atoms with van der Waals surface area (Å²) in [5.74, 6) is 0. The first kappa shape index (κ1) is 14.3. The zero-order valence-electron chi connectivity index (χ0n) is 6.82. The van der Waals surface area contributed by atoms with Crippen LogP contribution >= 0.6 is 0 Å². The van der Waals surface area contributed by atoms with Crippen molar-refractivity contribution in [1.29, 1.82) is 0 Å². The average Bonchev–Trinajstić information content (AvgIpc) is 1.99. The van der Waals surface area contributed by atoms with Gasteiger partial charge in [0, 0.05) is 0 Å². The lowest BCUT2D eigenvalue weighted by Gasteiger charge is -2.22. The van der Waals surface area contributed by atoms with Crippen LogP contribution in [0.1, 0.15) is 0 Å². The standard InChI is InChI=1S/C5HF7O4/c6-1(7)2(8)15-4(9,10)5(11,12)16-3(13)14/h(H,13,14).